The molecule has 0 spiro atoms. The first kappa shape index (κ1) is 14.5. The zero-order valence-electron chi connectivity index (χ0n) is 11.8. The van der Waals surface area contributed by atoms with Gasteiger partial charge in [-0.1, -0.05) is 43.7 Å². The molecule has 20 heavy (non-hydrogen) atoms. The van der Waals surface area contributed by atoms with Crippen molar-refractivity contribution >= 4 is 5.69 Å². The number of hydrogen-bond donors (Lipinski definition) is 1. The molecule has 0 aromatic heterocycles. The first-order chi connectivity index (χ1) is 9.61. The minimum atomic E-state index is -0.570. The van der Waals surface area contributed by atoms with Gasteiger partial charge in [0.05, 0.1) is 0 Å². The summed E-state index contributed by atoms with van der Waals surface area (Å²) in [5, 5.41) is 2.90. The number of rotatable bonds is 5. The Morgan fingerprint density at radius 3 is 2.15 bits per heavy atom. The maximum absolute atomic E-state index is 13.6. The van der Waals surface area contributed by atoms with Crippen LogP contribution in [0.5, 0.6) is 0 Å². The minimum absolute atomic E-state index is 0.0716. The summed E-state index contributed by atoms with van der Waals surface area (Å²) in [6, 6.07) is 11.8. The van der Waals surface area contributed by atoms with Crippen molar-refractivity contribution in [1.82, 2.24) is 0 Å². The van der Waals surface area contributed by atoms with Crippen LogP contribution in [0.15, 0.2) is 42.5 Å². The second-order valence-electron chi connectivity index (χ2n) is 4.95. The van der Waals surface area contributed by atoms with Crippen LogP contribution in [0, 0.1) is 11.6 Å². The normalized spacial score (nSPS) is 12.2. The summed E-state index contributed by atoms with van der Waals surface area (Å²) in [7, 11) is 0. The molecule has 2 aromatic rings. The summed E-state index contributed by atoms with van der Waals surface area (Å²) >= 11 is 0. The molecule has 0 amide bonds. The monoisotopic (exact) mass is 275 g/mol. The molecule has 0 fully saturated rings. The van der Waals surface area contributed by atoms with Gasteiger partial charge in [-0.3, -0.25) is 0 Å². The number of halogens is 2. The van der Waals surface area contributed by atoms with Crippen LogP contribution in [-0.2, 0) is 6.42 Å². The highest BCUT2D eigenvalue weighted by Crippen LogP contribution is 2.24. The van der Waals surface area contributed by atoms with Crippen molar-refractivity contribution in [2.45, 2.75) is 32.7 Å². The zero-order chi connectivity index (χ0) is 14.5. The molecule has 0 bridgehead atoms. The highest BCUT2D eigenvalue weighted by atomic mass is 19.1. The van der Waals surface area contributed by atoms with E-state index in [1.165, 1.54) is 23.8 Å². The highest BCUT2D eigenvalue weighted by Gasteiger charge is 2.12. The fourth-order valence-electron chi connectivity index (χ4n) is 2.20. The lowest BCUT2D eigenvalue weighted by molar-refractivity contribution is 0.584. The predicted molar refractivity (Wildman–Crippen MR) is 78.8 cm³/mol. The van der Waals surface area contributed by atoms with Crippen LogP contribution in [0.2, 0.25) is 0 Å². The summed E-state index contributed by atoms with van der Waals surface area (Å²) in [6.07, 6.45) is 2.15. The van der Waals surface area contributed by atoms with Gasteiger partial charge in [0, 0.05) is 6.04 Å². The molecular weight excluding hydrogens is 256 g/mol. The Bertz CT molecular complexity index is 543. The average Bonchev–Trinajstić information content (AvgIpc) is 2.44. The molecule has 2 aromatic carbocycles. The molecule has 1 unspecified atom stereocenters. The van der Waals surface area contributed by atoms with Gasteiger partial charge in [0.1, 0.15) is 17.3 Å². The number of anilines is 1. The summed E-state index contributed by atoms with van der Waals surface area (Å²) in [6.45, 7) is 4.03. The predicted octanol–water partition coefficient (Wildman–Crippen LogP) is 5.09. The van der Waals surface area contributed by atoms with Crippen LogP contribution >= 0.6 is 0 Å². The smallest absolute Gasteiger partial charge is 0.149 e. The van der Waals surface area contributed by atoms with E-state index >= 15 is 0 Å². The molecule has 1 atom stereocenters. The van der Waals surface area contributed by atoms with Gasteiger partial charge in [-0.05, 0) is 36.6 Å². The third-order valence-corrected chi connectivity index (χ3v) is 3.34. The van der Waals surface area contributed by atoms with Crippen molar-refractivity contribution in [2.75, 3.05) is 5.32 Å². The lowest BCUT2D eigenvalue weighted by atomic mass is 10.0. The number of nitrogens with one attached hydrogen (secondary N) is 1. The number of para-hydroxylation sites is 1. The SMILES string of the molecule is CCCc1ccc(C(C)Nc2c(F)cccc2F)cc1. The highest BCUT2D eigenvalue weighted by molar-refractivity contribution is 5.48. The molecule has 0 saturated heterocycles. The van der Waals surface area contributed by atoms with Crippen molar-refractivity contribution < 1.29 is 8.78 Å². The third kappa shape index (κ3) is 3.35. The fraction of sp³-hybridized carbons (Fsp3) is 0.294. The van der Waals surface area contributed by atoms with Crippen molar-refractivity contribution in [2.24, 2.45) is 0 Å². The quantitative estimate of drug-likeness (QED) is 0.801. The van der Waals surface area contributed by atoms with E-state index in [1.54, 1.807) is 0 Å². The van der Waals surface area contributed by atoms with Gasteiger partial charge in [-0.25, -0.2) is 8.78 Å². The van der Waals surface area contributed by atoms with Crippen LogP contribution in [0.25, 0.3) is 0 Å². The maximum atomic E-state index is 13.6. The molecule has 0 heterocycles. The standard InChI is InChI=1S/C17H19F2N/c1-3-5-13-8-10-14(11-9-13)12(2)20-17-15(18)6-4-7-16(17)19/h4,6-12,20H,3,5H2,1-2H3. The molecular formula is C17H19F2N. The van der Waals surface area contributed by atoms with E-state index in [-0.39, 0.29) is 11.7 Å². The lowest BCUT2D eigenvalue weighted by Crippen LogP contribution is -2.09. The largest absolute Gasteiger partial charge is 0.374 e. The van der Waals surface area contributed by atoms with Gasteiger partial charge in [0.25, 0.3) is 0 Å². The van der Waals surface area contributed by atoms with E-state index in [0.717, 1.165) is 18.4 Å². The van der Waals surface area contributed by atoms with Gasteiger partial charge in [0.15, 0.2) is 0 Å². The molecule has 3 heteroatoms. The van der Waals surface area contributed by atoms with E-state index < -0.39 is 11.6 Å². The Labute approximate surface area is 118 Å². The van der Waals surface area contributed by atoms with Crippen LogP contribution in [-0.4, -0.2) is 0 Å². The lowest BCUT2D eigenvalue weighted by Gasteiger charge is -2.17. The van der Waals surface area contributed by atoms with E-state index in [9.17, 15) is 8.78 Å². The molecule has 1 N–H and O–H groups in total. The van der Waals surface area contributed by atoms with E-state index in [0.29, 0.717) is 0 Å². The number of aryl methyl sites for hydroxylation is 1. The van der Waals surface area contributed by atoms with Gasteiger partial charge >= 0.3 is 0 Å². The van der Waals surface area contributed by atoms with Crippen LogP contribution in [0.1, 0.15) is 37.4 Å². The zero-order valence-corrected chi connectivity index (χ0v) is 11.8. The summed E-state index contributed by atoms with van der Waals surface area (Å²) in [5.41, 5.74) is 2.21. The topological polar surface area (TPSA) is 12.0 Å². The second-order valence-corrected chi connectivity index (χ2v) is 4.95. The van der Waals surface area contributed by atoms with E-state index in [1.807, 2.05) is 19.1 Å². The van der Waals surface area contributed by atoms with Crippen molar-refractivity contribution in [3.63, 3.8) is 0 Å². The van der Waals surface area contributed by atoms with Crippen LogP contribution in [0.3, 0.4) is 0 Å². The van der Waals surface area contributed by atoms with E-state index in [2.05, 4.69) is 24.4 Å². The van der Waals surface area contributed by atoms with Crippen molar-refractivity contribution in [1.29, 1.82) is 0 Å². The Hall–Kier alpha value is -1.90. The summed E-state index contributed by atoms with van der Waals surface area (Å²) in [5.74, 6) is -1.14. The molecule has 0 aliphatic heterocycles. The number of hydrogen-bond acceptors (Lipinski definition) is 1. The molecule has 1 nitrogen and oxygen atoms in total. The Morgan fingerprint density at radius 1 is 1.00 bits per heavy atom. The van der Waals surface area contributed by atoms with Gasteiger partial charge in [-0.15, -0.1) is 0 Å². The summed E-state index contributed by atoms with van der Waals surface area (Å²) in [4.78, 5) is 0. The fourth-order valence-corrected chi connectivity index (χ4v) is 2.20. The average molecular weight is 275 g/mol. The minimum Gasteiger partial charge on any atom is -0.374 e. The Kier molecular flexibility index (Phi) is 4.72. The van der Waals surface area contributed by atoms with Gasteiger partial charge in [0.2, 0.25) is 0 Å². The summed E-state index contributed by atoms with van der Waals surface area (Å²) < 4.78 is 27.2. The Balaban J connectivity index is 2.13. The molecule has 106 valence electrons. The third-order valence-electron chi connectivity index (χ3n) is 3.34. The molecule has 0 radical (unpaired) electrons. The molecule has 0 aliphatic rings. The Morgan fingerprint density at radius 2 is 1.60 bits per heavy atom. The van der Waals surface area contributed by atoms with Crippen LogP contribution in [0.4, 0.5) is 14.5 Å². The van der Waals surface area contributed by atoms with Crippen LogP contribution < -0.4 is 5.32 Å². The molecule has 0 aliphatic carbocycles. The van der Waals surface area contributed by atoms with Gasteiger partial charge in [-0.2, -0.15) is 0 Å². The van der Waals surface area contributed by atoms with Crippen molar-refractivity contribution in [3.05, 3.63) is 65.2 Å². The van der Waals surface area contributed by atoms with E-state index in [4.69, 9.17) is 0 Å². The first-order valence-corrected chi connectivity index (χ1v) is 6.91. The molecule has 0 saturated carbocycles. The van der Waals surface area contributed by atoms with Gasteiger partial charge < -0.3 is 5.32 Å². The molecule has 2 rings (SSSR count). The second kappa shape index (κ2) is 6.51. The van der Waals surface area contributed by atoms with Crippen molar-refractivity contribution in [3.8, 4) is 0 Å². The maximum Gasteiger partial charge on any atom is 0.149 e. The number of benzene rings is 2. The first-order valence-electron chi connectivity index (χ1n) is 6.91.